The van der Waals surface area contributed by atoms with Crippen LogP contribution in [0.2, 0.25) is 0 Å². The van der Waals surface area contributed by atoms with Gasteiger partial charge in [0.2, 0.25) is 0 Å². The first kappa shape index (κ1) is 17.2. The fraction of sp³-hybridized carbons (Fsp3) is 0.227. The number of rotatable bonds is 5. The van der Waals surface area contributed by atoms with Crippen LogP contribution in [-0.2, 0) is 20.9 Å². The van der Waals surface area contributed by atoms with Gasteiger partial charge in [0.25, 0.3) is 0 Å². The van der Waals surface area contributed by atoms with Crippen molar-refractivity contribution in [1.29, 1.82) is 0 Å². The maximum Gasteiger partial charge on any atom is 0.340 e. The Morgan fingerprint density at radius 1 is 1.04 bits per heavy atom. The second-order valence-corrected chi connectivity index (χ2v) is 6.57. The molecule has 0 bridgehead atoms. The van der Waals surface area contributed by atoms with E-state index < -0.39 is 5.97 Å². The molecule has 27 heavy (non-hydrogen) atoms. The van der Waals surface area contributed by atoms with E-state index in [0.717, 1.165) is 34.9 Å². The predicted molar refractivity (Wildman–Crippen MR) is 101 cm³/mol. The lowest BCUT2D eigenvalue weighted by molar-refractivity contribution is -0.146. The number of para-hydroxylation sites is 1. The second kappa shape index (κ2) is 7.19. The summed E-state index contributed by atoms with van der Waals surface area (Å²) >= 11 is 0. The summed E-state index contributed by atoms with van der Waals surface area (Å²) < 4.78 is 10.5. The SMILES string of the molecule is COC(=O)c1c(COC(=O)C2CC2)nc2ccccc2c1-c1ccccc1. The highest BCUT2D eigenvalue weighted by molar-refractivity contribution is 6.07. The van der Waals surface area contributed by atoms with E-state index in [2.05, 4.69) is 4.98 Å². The number of aromatic nitrogens is 1. The Bertz CT molecular complexity index is 1010. The van der Waals surface area contributed by atoms with Gasteiger partial charge in [-0.25, -0.2) is 9.78 Å². The average Bonchev–Trinajstić information content (AvgIpc) is 3.56. The first-order valence-electron chi connectivity index (χ1n) is 8.91. The molecule has 5 nitrogen and oxygen atoms in total. The van der Waals surface area contributed by atoms with Gasteiger partial charge in [0.1, 0.15) is 6.61 Å². The molecule has 5 heteroatoms. The van der Waals surface area contributed by atoms with Crippen molar-refractivity contribution in [2.45, 2.75) is 19.4 Å². The molecule has 2 aromatic carbocycles. The van der Waals surface area contributed by atoms with Gasteiger partial charge >= 0.3 is 11.9 Å². The van der Waals surface area contributed by atoms with Crippen LogP contribution in [0.4, 0.5) is 0 Å². The zero-order chi connectivity index (χ0) is 18.8. The van der Waals surface area contributed by atoms with Crippen LogP contribution < -0.4 is 0 Å². The lowest BCUT2D eigenvalue weighted by Crippen LogP contribution is -2.14. The van der Waals surface area contributed by atoms with Crippen LogP contribution in [0.3, 0.4) is 0 Å². The summed E-state index contributed by atoms with van der Waals surface area (Å²) in [5.41, 5.74) is 3.11. The summed E-state index contributed by atoms with van der Waals surface area (Å²) in [5, 5.41) is 0.848. The van der Waals surface area contributed by atoms with Gasteiger partial charge in [-0.1, -0.05) is 48.5 Å². The minimum atomic E-state index is -0.496. The van der Waals surface area contributed by atoms with Crippen molar-refractivity contribution in [3.8, 4) is 11.1 Å². The summed E-state index contributed by atoms with van der Waals surface area (Å²) in [4.78, 5) is 29.2. The largest absolute Gasteiger partial charge is 0.465 e. The van der Waals surface area contributed by atoms with E-state index in [1.165, 1.54) is 7.11 Å². The fourth-order valence-corrected chi connectivity index (χ4v) is 3.17. The summed E-state index contributed by atoms with van der Waals surface area (Å²) in [7, 11) is 1.34. The molecule has 0 spiro atoms. The van der Waals surface area contributed by atoms with Crippen molar-refractivity contribution in [2.75, 3.05) is 7.11 Å². The molecule has 0 unspecified atom stereocenters. The Labute approximate surface area is 156 Å². The van der Waals surface area contributed by atoms with E-state index in [4.69, 9.17) is 9.47 Å². The first-order valence-corrected chi connectivity index (χ1v) is 8.91. The number of carbonyl (C=O) groups excluding carboxylic acids is 2. The molecule has 0 N–H and O–H groups in total. The molecular weight excluding hydrogens is 342 g/mol. The molecule has 0 aliphatic heterocycles. The molecule has 1 aliphatic rings. The molecule has 1 aromatic heterocycles. The topological polar surface area (TPSA) is 65.5 Å². The van der Waals surface area contributed by atoms with E-state index in [9.17, 15) is 9.59 Å². The summed E-state index contributed by atoms with van der Waals surface area (Å²) in [6.45, 7) is -0.0512. The minimum Gasteiger partial charge on any atom is -0.465 e. The van der Waals surface area contributed by atoms with Gasteiger partial charge in [-0.15, -0.1) is 0 Å². The lowest BCUT2D eigenvalue weighted by atomic mass is 9.94. The summed E-state index contributed by atoms with van der Waals surface area (Å²) in [5.74, 6) is -0.743. The van der Waals surface area contributed by atoms with E-state index >= 15 is 0 Å². The molecule has 4 rings (SSSR count). The van der Waals surface area contributed by atoms with Crippen molar-refractivity contribution in [2.24, 2.45) is 5.92 Å². The zero-order valence-electron chi connectivity index (χ0n) is 15.0. The number of pyridine rings is 1. The van der Waals surface area contributed by atoms with Gasteiger partial charge in [0, 0.05) is 10.9 Å². The molecule has 0 saturated heterocycles. The van der Waals surface area contributed by atoms with Gasteiger partial charge in [-0.05, 0) is 24.5 Å². The molecule has 0 amide bonds. The van der Waals surface area contributed by atoms with Crippen LogP contribution in [-0.4, -0.2) is 24.0 Å². The summed E-state index contributed by atoms with van der Waals surface area (Å²) in [6, 6.07) is 17.2. The molecule has 1 saturated carbocycles. The Hall–Kier alpha value is -3.21. The van der Waals surface area contributed by atoms with Crippen molar-refractivity contribution >= 4 is 22.8 Å². The molecule has 136 valence electrons. The first-order chi connectivity index (χ1) is 13.2. The number of hydrogen-bond acceptors (Lipinski definition) is 5. The number of hydrogen-bond donors (Lipinski definition) is 0. The highest BCUT2D eigenvalue weighted by atomic mass is 16.5. The summed E-state index contributed by atoms with van der Waals surface area (Å²) in [6.07, 6.45) is 1.73. The van der Waals surface area contributed by atoms with Crippen LogP contribution in [0, 0.1) is 5.92 Å². The van der Waals surface area contributed by atoms with E-state index in [1.54, 1.807) is 0 Å². The number of fused-ring (bicyclic) bond motifs is 1. The maximum absolute atomic E-state index is 12.7. The zero-order valence-corrected chi connectivity index (χ0v) is 15.0. The highest BCUT2D eigenvalue weighted by Crippen LogP contribution is 2.35. The molecule has 1 aliphatic carbocycles. The Morgan fingerprint density at radius 3 is 2.44 bits per heavy atom. The smallest absolute Gasteiger partial charge is 0.340 e. The van der Waals surface area contributed by atoms with E-state index in [1.807, 2.05) is 54.6 Å². The van der Waals surface area contributed by atoms with Gasteiger partial charge in [0.15, 0.2) is 0 Å². The number of benzene rings is 2. The second-order valence-electron chi connectivity index (χ2n) is 6.57. The van der Waals surface area contributed by atoms with E-state index in [-0.39, 0.29) is 18.5 Å². The molecule has 3 aromatic rings. The van der Waals surface area contributed by atoms with Crippen molar-refractivity contribution in [3.63, 3.8) is 0 Å². The Balaban J connectivity index is 1.90. The number of ether oxygens (including phenoxy) is 2. The molecule has 0 radical (unpaired) electrons. The minimum absolute atomic E-state index is 0.0133. The van der Waals surface area contributed by atoms with Crippen molar-refractivity contribution in [1.82, 2.24) is 4.98 Å². The lowest BCUT2D eigenvalue weighted by Gasteiger charge is -2.16. The van der Waals surface area contributed by atoms with Crippen LogP contribution in [0.1, 0.15) is 28.9 Å². The molecular formula is C22H19NO4. The van der Waals surface area contributed by atoms with Crippen molar-refractivity contribution < 1.29 is 19.1 Å². The molecule has 1 heterocycles. The monoisotopic (exact) mass is 361 g/mol. The normalized spacial score (nSPS) is 13.4. The standard InChI is InChI=1S/C22H19NO4/c1-26-22(25)20-18(13-27-21(24)15-11-12-15)23-17-10-6-5-9-16(17)19(20)14-7-3-2-4-8-14/h2-10,15H,11-13H2,1H3. The third-order valence-corrected chi connectivity index (χ3v) is 4.68. The molecule has 1 fully saturated rings. The predicted octanol–water partition coefficient (Wildman–Crippen LogP) is 4.14. The van der Waals surface area contributed by atoms with Crippen LogP contribution in [0.5, 0.6) is 0 Å². The van der Waals surface area contributed by atoms with Crippen molar-refractivity contribution in [3.05, 3.63) is 65.9 Å². The number of esters is 2. The third kappa shape index (κ3) is 3.40. The quantitative estimate of drug-likeness (QED) is 0.639. The number of carbonyl (C=O) groups is 2. The number of nitrogens with zero attached hydrogens (tertiary/aromatic N) is 1. The van der Waals surface area contributed by atoms with Crippen LogP contribution >= 0.6 is 0 Å². The van der Waals surface area contributed by atoms with Crippen LogP contribution in [0.15, 0.2) is 54.6 Å². The Kier molecular flexibility index (Phi) is 4.59. The van der Waals surface area contributed by atoms with Gasteiger partial charge in [0.05, 0.1) is 29.8 Å². The average molecular weight is 361 g/mol. The van der Waals surface area contributed by atoms with Gasteiger partial charge < -0.3 is 9.47 Å². The fourth-order valence-electron chi connectivity index (χ4n) is 3.17. The number of methoxy groups -OCH3 is 1. The highest BCUT2D eigenvalue weighted by Gasteiger charge is 2.32. The van der Waals surface area contributed by atoms with Gasteiger partial charge in [-0.2, -0.15) is 0 Å². The van der Waals surface area contributed by atoms with E-state index in [0.29, 0.717) is 11.3 Å². The molecule has 0 atom stereocenters. The van der Waals surface area contributed by atoms with Crippen LogP contribution in [0.25, 0.3) is 22.0 Å². The van der Waals surface area contributed by atoms with Gasteiger partial charge in [-0.3, -0.25) is 4.79 Å². The Morgan fingerprint density at radius 2 is 1.74 bits per heavy atom. The third-order valence-electron chi connectivity index (χ3n) is 4.68. The maximum atomic E-state index is 12.7.